The topological polar surface area (TPSA) is 73.1 Å². The Morgan fingerprint density at radius 1 is 1.30 bits per heavy atom. The lowest BCUT2D eigenvalue weighted by Crippen LogP contribution is -2.12. The minimum Gasteiger partial charge on any atom is -0.495 e. The third-order valence-electron chi connectivity index (χ3n) is 3.48. The number of ether oxygens (including phenoxy) is 1. The van der Waals surface area contributed by atoms with Crippen molar-refractivity contribution in [1.29, 1.82) is 0 Å². The number of aromatic nitrogens is 2. The average Bonchev–Trinajstić information content (AvgIpc) is 2.94. The van der Waals surface area contributed by atoms with Gasteiger partial charge in [-0.25, -0.2) is 15.8 Å². The maximum absolute atomic E-state index is 6.15. The van der Waals surface area contributed by atoms with Crippen LogP contribution in [0, 0.1) is 0 Å². The van der Waals surface area contributed by atoms with Crippen LogP contribution >= 0.6 is 11.6 Å². The van der Waals surface area contributed by atoms with Gasteiger partial charge in [-0.2, -0.15) is 0 Å². The van der Waals surface area contributed by atoms with Gasteiger partial charge in [0.2, 0.25) is 0 Å². The molecule has 0 bridgehead atoms. The number of nitrogen functional groups attached to an aromatic ring is 1. The fraction of sp³-hybridized carbons (Fsp3) is 0.286. The van der Waals surface area contributed by atoms with Crippen molar-refractivity contribution < 1.29 is 4.74 Å². The second-order valence-corrected chi connectivity index (χ2v) is 5.08. The van der Waals surface area contributed by atoms with E-state index in [1.807, 2.05) is 12.1 Å². The van der Waals surface area contributed by atoms with Crippen LogP contribution in [0.2, 0.25) is 5.02 Å². The maximum Gasteiger partial charge on any atom is 0.161 e. The number of aryl methyl sites for hydroxylation is 1. The Morgan fingerprint density at radius 3 is 2.85 bits per heavy atom. The minimum absolute atomic E-state index is 0.538. The summed E-state index contributed by atoms with van der Waals surface area (Å²) in [5, 5.41) is 0.538. The molecule has 0 atom stereocenters. The molecular formula is C14H15ClN4O. The SMILES string of the molecule is COc1ccc(-c2nc3c(c(NN)n2)CCC3)cc1Cl. The number of nitrogens with zero attached hydrogens (tertiary/aromatic N) is 2. The average molecular weight is 291 g/mol. The predicted molar refractivity (Wildman–Crippen MR) is 78.9 cm³/mol. The first kappa shape index (κ1) is 13.1. The van der Waals surface area contributed by atoms with Gasteiger partial charge in [-0.05, 0) is 37.5 Å². The molecule has 3 rings (SSSR count). The fourth-order valence-corrected chi connectivity index (χ4v) is 2.74. The molecule has 1 aromatic carbocycles. The summed E-state index contributed by atoms with van der Waals surface area (Å²) in [6, 6.07) is 5.50. The number of anilines is 1. The van der Waals surface area contributed by atoms with Gasteiger partial charge < -0.3 is 10.2 Å². The van der Waals surface area contributed by atoms with Crippen LogP contribution in [-0.2, 0) is 12.8 Å². The highest BCUT2D eigenvalue weighted by Crippen LogP contribution is 2.32. The molecule has 1 heterocycles. The van der Waals surface area contributed by atoms with Crippen LogP contribution in [0.5, 0.6) is 5.75 Å². The smallest absolute Gasteiger partial charge is 0.161 e. The Morgan fingerprint density at radius 2 is 2.15 bits per heavy atom. The van der Waals surface area contributed by atoms with Gasteiger partial charge in [-0.15, -0.1) is 0 Å². The molecule has 5 nitrogen and oxygen atoms in total. The molecule has 0 aliphatic heterocycles. The van der Waals surface area contributed by atoms with Crippen molar-refractivity contribution in [2.24, 2.45) is 5.84 Å². The summed E-state index contributed by atoms with van der Waals surface area (Å²) in [6.07, 6.45) is 3.02. The quantitative estimate of drug-likeness (QED) is 0.671. The summed E-state index contributed by atoms with van der Waals surface area (Å²) < 4.78 is 5.15. The highest BCUT2D eigenvalue weighted by atomic mass is 35.5. The molecule has 1 aliphatic rings. The zero-order chi connectivity index (χ0) is 14.1. The molecule has 0 radical (unpaired) electrons. The van der Waals surface area contributed by atoms with E-state index in [9.17, 15) is 0 Å². The first-order chi connectivity index (χ1) is 9.72. The van der Waals surface area contributed by atoms with Crippen molar-refractivity contribution in [1.82, 2.24) is 9.97 Å². The number of hydrogen-bond donors (Lipinski definition) is 2. The Kier molecular flexibility index (Phi) is 3.46. The van der Waals surface area contributed by atoms with E-state index in [4.69, 9.17) is 22.2 Å². The fourth-order valence-electron chi connectivity index (χ4n) is 2.49. The minimum atomic E-state index is 0.538. The molecule has 2 aromatic rings. The van der Waals surface area contributed by atoms with Crippen LogP contribution in [0.4, 0.5) is 5.82 Å². The molecule has 0 saturated heterocycles. The first-order valence-electron chi connectivity index (χ1n) is 6.43. The number of hydrazine groups is 1. The number of benzene rings is 1. The molecular weight excluding hydrogens is 276 g/mol. The van der Waals surface area contributed by atoms with Crippen LogP contribution in [0.25, 0.3) is 11.4 Å². The summed E-state index contributed by atoms with van der Waals surface area (Å²) in [4.78, 5) is 9.11. The number of fused-ring (bicyclic) bond motifs is 1. The van der Waals surface area contributed by atoms with Gasteiger partial charge in [-0.1, -0.05) is 11.6 Å². The van der Waals surface area contributed by atoms with Gasteiger partial charge in [0, 0.05) is 16.8 Å². The monoisotopic (exact) mass is 290 g/mol. The molecule has 20 heavy (non-hydrogen) atoms. The Bertz CT molecular complexity index is 660. The molecule has 0 fully saturated rings. The van der Waals surface area contributed by atoms with E-state index in [0.717, 1.165) is 36.1 Å². The lowest BCUT2D eigenvalue weighted by atomic mass is 10.1. The second-order valence-electron chi connectivity index (χ2n) is 4.67. The van der Waals surface area contributed by atoms with E-state index < -0.39 is 0 Å². The molecule has 104 valence electrons. The molecule has 0 spiro atoms. The van der Waals surface area contributed by atoms with E-state index in [1.54, 1.807) is 13.2 Å². The molecule has 0 amide bonds. The maximum atomic E-state index is 6.15. The van der Waals surface area contributed by atoms with Crippen LogP contribution in [-0.4, -0.2) is 17.1 Å². The first-order valence-corrected chi connectivity index (χ1v) is 6.81. The van der Waals surface area contributed by atoms with Crippen molar-refractivity contribution in [3.63, 3.8) is 0 Å². The van der Waals surface area contributed by atoms with Crippen molar-refractivity contribution in [3.8, 4) is 17.1 Å². The zero-order valence-corrected chi connectivity index (χ0v) is 11.9. The lowest BCUT2D eigenvalue weighted by Gasteiger charge is -2.10. The molecule has 1 aromatic heterocycles. The Balaban J connectivity index is 2.08. The number of methoxy groups -OCH3 is 1. The van der Waals surface area contributed by atoms with E-state index in [1.165, 1.54) is 0 Å². The summed E-state index contributed by atoms with van der Waals surface area (Å²) in [5.41, 5.74) is 5.70. The van der Waals surface area contributed by atoms with E-state index in [2.05, 4.69) is 15.4 Å². The summed E-state index contributed by atoms with van der Waals surface area (Å²) in [6.45, 7) is 0. The normalized spacial score (nSPS) is 13.2. The van der Waals surface area contributed by atoms with Gasteiger partial charge >= 0.3 is 0 Å². The number of hydrogen-bond acceptors (Lipinski definition) is 5. The van der Waals surface area contributed by atoms with Gasteiger partial charge in [-0.3, -0.25) is 0 Å². The molecule has 1 aliphatic carbocycles. The second kappa shape index (κ2) is 5.26. The summed E-state index contributed by atoms with van der Waals surface area (Å²) in [7, 11) is 1.59. The van der Waals surface area contributed by atoms with E-state index >= 15 is 0 Å². The highest BCUT2D eigenvalue weighted by Gasteiger charge is 2.19. The summed E-state index contributed by atoms with van der Waals surface area (Å²) >= 11 is 6.15. The Hall–Kier alpha value is -1.85. The van der Waals surface area contributed by atoms with Crippen LogP contribution in [0.3, 0.4) is 0 Å². The van der Waals surface area contributed by atoms with Crippen molar-refractivity contribution in [2.45, 2.75) is 19.3 Å². The van der Waals surface area contributed by atoms with Crippen molar-refractivity contribution in [3.05, 3.63) is 34.5 Å². The number of nitrogens with one attached hydrogen (secondary N) is 1. The molecule has 6 heteroatoms. The van der Waals surface area contributed by atoms with Gasteiger partial charge in [0.1, 0.15) is 11.6 Å². The highest BCUT2D eigenvalue weighted by molar-refractivity contribution is 6.32. The largest absolute Gasteiger partial charge is 0.495 e. The van der Waals surface area contributed by atoms with Crippen LogP contribution < -0.4 is 16.0 Å². The molecule has 0 unspecified atom stereocenters. The Labute approximate surface area is 122 Å². The van der Waals surface area contributed by atoms with E-state index in [0.29, 0.717) is 22.4 Å². The van der Waals surface area contributed by atoms with Gasteiger partial charge in [0.05, 0.1) is 12.1 Å². The molecule has 3 N–H and O–H groups in total. The third-order valence-corrected chi connectivity index (χ3v) is 3.78. The van der Waals surface area contributed by atoms with Gasteiger partial charge in [0.15, 0.2) is 5.82 Å². The summed E-state index contributed by atoms with van der Waals surface area (Å²) in [5.74, 6) is 7.52. The predicted octanol–water partition coefficient (Wildman–Crippen LogP) is 2.58. The lowest BCUT2D eigenvalue weighted by molar-refractivity contribution is 0.415. The number of halogens is 1. The van der Waals surface area contributed by atoms with E-state index in [-0.39, 0.29) is 0 Å². The van der Waals surface area contributed by atoms with Crippen molar-refractivity contribution >= 4 is 17.4 Å². The number of rotatable bonds is 3. The van der Waals surface area contributed by atoms with Gasteiger partial charge in [0.25, 0.3) is 0 Å². The van der Waals surface area contributed by atoms with Crippen LogP contribution in [0.1, 0.15) is 17.7 Å². The third kappa shape index (κ3) is 2.19. The number of nitrogens with two attached hydrogens (primary N) is 1. The van der Waals surface area contributed by atoms with Crippen molar-refractivity contribution in [2.75, 3.05) is 12.5 Å². The zero-order valence-electron chi connectivity index (χ0n) is 11.1. The standard InChI is InChI=1S/C14H15ClN4O/c1-20-12-6-5-8(7-10(12)15)13-17-11-4-2-3-9(11)14(18-13)19-16/h5-7H,2-4,16H2,1H3,(H,17,18,19). The van der Waals surface area contributed by atoms with Crippen LogP contribution in [0.15, 0.2) is 18.2 Å². The molecule has 0 saturated carbocycles.